The van der Waals surface area contributed by atoms with Crippen molar-refractivity contribution >= 4 is 61.1 Å². The lowest BCUT2D eigenvalue weighted by Gasteiger charge is -2.30. The Labute approximate surface area is 426 Å². The number of carboxylic acid groups (broad SMARTS) is 2. The third-order valence-corrected chi connectivity index (χ3v) is 12.1. The summed E-state index contributed by atoms with van der Waals surface area (Å²) < 4.78 is 16.9. The molecule has 10 atom stereocenters. The first kappa shape index (κ1) is 61.1. The van der Waals surface area contributed by atoms with Crippen LogP contribution in [0.1, 0.15) is 77.6 Å². The number of imidazole rings is 1. The van der Waals surface area contributed by atoms with Crippen LogP contribution in [0.5, 0.6) is 5.75 Å². The summed E-state index contributed by atoms with van der Waals surface area (Å²) in [4.78, 5) is 147. The molecule has 74 heavy (non-hydrogen) atoms. The molecule has 3 aromatic rings. The molecule has 0 spiro atoms. The van der Waals surface area contributed by atoms with Gasteiger partial charge in [0.15, 0.2) is 0 Å². The van der Waals surface area contributed by atoms with Gasteiger partial charge in [-0.15, -0.1) is 0 Å². The zero-order chi connectivity index (χ0) is 55.4. The van der Waals surface area contributed by atoms with E-state index < -0.39 is 128 Å². The lowest BCUT2D eigenvalue weighted by Crippen LogP contribution is -2.62. The predicted octanol–water partition coefficient (Wildman–Crippen LogP) is -0.967. The maximum atomic E-state index is 14.4. The van der Waals surface area contributed by atoms with E-state index in [0.717, 1.165) is 6.92 Å². The lowest BCUT2D eigenvalue weighted by atomic mass is 9.96. The number of rotatable bonds is 30. The number of carboxylic acids is 2. The minimum atomic E-state index is -5.47. The van der Waals surface area contributed by atoms with Gasteiger partial charge >= 0.3 is 19.8 Å². The number of nitrogens with one attached hydrogen (secondary N) is 8. The Kier molecular flexibility index (Phi) is 23.8. The topological polar surface area (TPSA) is 420 Å². The number of carbonyl (C=O) groups excluding carboxylic acids is 7. The van der Waals surface area contributed by atoms with E-state index in [1.54, 1.807) is 58.0 Å². The van der Waals surface area contributed by atoms with Crippen LogP contribution in [-0.2, 0) is 71.5 Å². The number of phenols is 1. The number of aromatic hydroxyl groups is 1. The standard InChI is InChI=1S/C47H67N10O16P/c1-7-25(4)38(45(66)51-26(5)47(68)69)56-43(64)33(17-24(2)3)53-42(63)35(19-29-13-15-31(58)16-14-29)55-46(67)39(27(6)73-74(70,71)72)57-44(65)36(21-37(59)60)54-41(62)34(18-28-11-9-8-10-12-28)52-40(61)32(48)20-30-22-49-23-50-30/h8-16,22-27,32-36,38-39,58H,7,17-21,48H2,1-6H3,(H,49,50)(H,51,66)(H,52,61)(H,53,63)(H,54,62)(H,55,67)(H,56,64)(H,57,65)(H,59,60)(H,68,69)(H2,70,71,72)/t25-,26-,27+,32-,33-,34-,35-,36-,38-,39-/m0/s1. The Morgan fingerprint density at radius 1 is 0.649 bits per heavy atom. The second kappa shape index (κ2) is 28.8. The molecule has 0 saturated heterocycles. The summed E-state index contributed by atoms with van der Waals surface area (Å²) in [5.74, 6) is -11.2. The molecule has 0 fully saturated rings. The number of nitrogens with two attached hydrogens (primary N) is 1. The average Bonchev–Trinajstić information content (AvgIpc) is 3.84. The fraction of sp³-hybridized carbons (Fsp3) is 0.489. The van der Waals surface area contributed by atoms with Gasteiger partial charge in [0.05, 0.1) is 24.9 Å². The molecule has 0 aliphatic heterocycles. The van der Waals surface area contributed by atoms with Crippen LogP contribution < -0.4 is 43.0 Å². The van der Waals surface area contributed by atoms with Gasteiger partial charge in [-0.1, -0.05) is 76.6 Å². The van der Waals surface area contributed by atoms with Crippen molar-refractivity contribution < 1.29 is 77.3 Å². The van der Waals surface area contributed by atoms with Crippen molar-refractivity contribution in [2.24, 2.45) is 17.6 Å². The molecule has 0 saturated carbocycles. The molecule has 1 heterocycles. The molecule has 1 aromatic heterocycles. The Hall–Kier alpha value is -7.25. The number of benzene rings is 2. The van der Waals surface area contributed by atoms with E-state index in [4.69, 9.17) is 10.3 Å². The molecular weight excluding hydrogens is 992 g/mol. The van der Waals surface area contributed by atoms with Crippen LogP contribution in [0, 0.1) is 11.8 Å². The molecule has 0 unspecified atom stereocenters. The van der Waals surface area contributed by atoms with Crippen LogP contribution in [0.15, 0.2) is 67.1 Å². The van der Waals surface area contributed by atoms with Gasteiger partial charge in [-0.2, -0.15) is 0 Å². The summed E-state index contributed by atoms with van der Waals surface area (Å²) in [5, 5.41) is 46.1. The van der Waals surface area contributed by atoms with E-state index in [9.17, 15) is 72.8 Å². The number of aliphatic carboxylic acids is 2. The van der Waals surface area contributed by atoms with Crippen molar-refractivity contribution in [1.29, 1.82) is 0 Å². The molecule has 26 nitrogen and oxygen atoms in total. The van der Waals surface area contributed by atoms with E-state index in [-0.39, 0.29) is 37.4 Å². The van der Waals surface area contributed by atoms with Gasteiger partial charge in [0.2, 0.25) is 41.4 Å². The normalized spacial score (nSPS) is 15.5. The Morgan fingerprint density at radius 2 is 1.15 bits per heavy atom. The highest BCUT2D eigenvalue weighted by molar-refractivity contribution is 7.46. The Balaban J connectivity index is 2.00. The number of hydrogen-bond donors (Lipinski definition) is 14. The SMILES string of the molecule is CC[C@H](C)[C@H](NC(=O)[C@H](CC(C)C)NC(=O)[C@H](Cc1ccc(O)cc1)NC(=O)[C@@H](NC(=O)[C@H](CC(=O)O)NC(=O)[C@H](Cc1ccccc1)NC(=O)[C@@H](N)Cc1cnc[nH]1)[C@@H](C)OP(=O)(O)O)C(=O)N[C@@H](C)C(=O)O. The molecule has 3 rings (SSSR count). The highest BCUT2D eigenvalue weighted by atomic mass is 31.2. The van der Waals surface area contributed by atoms with Gasteiger partial charge in [-0.25, -0.2) is 9.55 Å². The van der Waals surface area contributed by atoms with E-state index in [1.807, 2.05) is 0 Å². The molecule has 406 valence electrons. The predicted molar refractivity (Wildman–Crippen MR) is 263 cm³/mol. The summed E-state index contributed by atoms with van der Waals surface area (Å²) in [7, 11) is -5.47. The number of amides is 7. The second-order valence-corrected chi connectivity index (χ2v) is 19.3. The zero-order valence-electron chi connectivity index (χ0n) is 41.6. The lowest BCUT2D eigenvalue weighted by molar-refractivity contribution is -0.142. The first-order valence-corrected chi connectivity index (χ1v) is 25.1. The van der Waals surface area contributed by atoms with Crippen molar-refractivity contribution in [3.8, 4) is 5.75 Å². The van der Waals surface area contributed by atoms with E-state index in [0.29, 0.717) is 23.2 Å². The third kappa shape index (κ3) is 20.7. The van der Waals surface area contributed by atoms with Crippen molar-refractivity contribution in [2.45, 2.75) is 135 Å². The van der Waals surface area contributed by atoms with Crippen LogP contribution >= 0.6 is 7.82 Å². The molecule has 27 heteroatoms. The van der Waals surface area contributed by atoms with Crippen LogP contribution in [0.25, 0.3) is 0 Å². The quantitative estimate of drug-likeness (QED) is 0.0357. The van der Waals surface area contributed by atoms with Gasteiger partial charge in [0.25, 0.3) is 0 Å². The molecule has 0 aliphatic rings. The van der Waals surface area contributed by atoms with Crippen molar-refractivity contribution in [1.82, 2.24) is 47.2 Å². The largest absolute Gasteiger partial charge is 0.508 e. The van der Waals surface area contributed by atoms with Gasteiger partial charge in [0, 0.05) is 31.2 Å². The van der Waals surface area contributed by atoms with E-state index in [1.165, 1.54) is 43.7 Å². The minimum Gasteiger partial charge on any atom is -0.508 e. The molecule has 0 radical (unpaired) electrons. The number of hydrogen-bond acceptors (Lipinski definition) is 14. The van der Waals surface area contributed by atoms with E-state index in [2.05, 4.69) is 47.2 Å². The monoisotopic (exact) mass is 1060 g/mol. The second-order valence-electron chi connectivity index (χ2n) is 18.1. The fourth-order valence-electron chi connectivity index (χ4n) is 7.28. The van der Waals surface area contributed by atoms with E-state index >= 15 is 0 Å². The highest BCUT2D eigenvalue weighted by Crippen LogP contribution is 2.38. The zero-order valence-corrected chi connectivity index (χ0v) is 42.5. The van der Waals surface area contributed by atoms with Crippen LogP contribution in [-0.4, -0.2) is 143 Å². The number of aromatic nitrogens is 2. The maximum Gasteiger partial charge on any atom is 0.469 e. The third-order valence-electron chi connectivity index (χ3n) is 11.5. The highest BCUT2D eigenvalue weighted by Gasteiger charge is 2.39. The minimum absolute atomic E-state index is 0.0187. The fourth-order valence-corrected chi connectivity index (χ4v) is 7.84. The molecule has 0 bridgehead atoms. The Morgan fingerprint density at radius 3 is 1.66 bits per heavy atom. The van der Waals surface area contributed by atoms with Gasteiger partial charge in [-0.3, -0.25) is 47.7 Å². The molecular formula is C47H67N10O16P. The first-order chi connectivity index (χ1) is 34.7. The number of phenolic OH excluding ortho intramolecular Hbond substituents is 1. The van der Waals surface area contributed by atoms with Crippen LogP contribution in [0.2, 0.25) is 0 Å². The molecule has 0 aliphatic carbocycles. The summed E-state index contributed by atoms with van der Waals surface area (Å²) in [6.45, 7) is 9.03. The summed E-state index contributed by atoms with van der Waals surface area (Å²) in [6, 6.07) is 1.06. The number of phosphoric acid groups is 1. The van der Waals surface area contributed by atoms with Gasteiger partial charge in [-0.05, 0) is 55.4 Å². The van der Waals surface area contributed by atoms with Crippen LogP contribution in [0.4, 0.5) is 0 Å². The molecule has 2 aromatic carbocycles. The summed E-state index contributed by atoms with van der Waals surface area (Å²) >= 11 is 0. The Bertz CT molecular complexity index is 2440. The number of carbonyl (C=O) groups is 9. The summed E-state index contributed by atoms with van der Waals surface area (Å²) in [6.07, 6.45) is -0.525. The molecule has 15 N–H and O–H groups in total. The number of phosphoric ester groups is 1. The van der Waals surface area contributed by atoms with Crippen molar-refractivity contribution in [3.63, 3.8) is 0 Å². The molecule has 7 amide bonds. The van der Waals surface area contributed by atoms with Crippen LogP contribution in [0.3, 0.4) is 0 Å². The first-order valence-electron chi connectivity index (χ1n) is 23.5. The maximum absolute atomic E-state index is 14.4. The smallest absolute Gasteiger partial charge is 0.469 e. The number of nitrogens with zero attached hydrogens (tertiary/aromatic N) is 1. The number of aromatic amines is 1. The van der Waals surface area contributed by atoms with Gasteiger partial charge < -0.3 is 73.0 Å². The van der Waals surface area contributed by atoms with Crippen molar-refractivity contribution in [2.75, 3.05) is 0 Å². The van der Waals surface area contributed by atoms with Gasteiger partial charge in [0.1, 0.15) is 48.0 Å². The summed E-state index contributed by atoms with van der Waals surface area (Å²) in [5.41, 5.74) is 7.47. The number of H-pyrrole nitrogens is 1. The average molecular weight is 1060 g/mol. The van der Waals surface area contributed by atoms with Crippen molar-refractivity contribution in [3.05, 3.63) is 83.9 Å².